The minimum Gasteiger partial charge on any atom is -0.342 e. The van der Waals surface area contributed by atoms with Crippen molar-refractivity contribution in [1.82, 2.24) is 19.9 Å². The van der Waals surface area contributed by atoms with Crippen molar-refractivity contribution in [3.8, 4) is 11.3 Å². The molecular weight excluding hydrogens is 372 g/mol. The van der Waals surface area contributed by atoms with E-state index in [1.54, 1.807) is 24.8 Å². The molecule has 0 bridgehead atoms. The van der Waals surface area contributed by atoms with E-state index in [4.69, 9.17) is 11.6 Å². The lowest BCUT2D eigenvalue weighted by Crippen LogP contribution is -2.40. The van der Waals surface area contributed by atoms with Crippen LogP contribution >= 0.6 is 11.6 Å². The van der Waals surface area contributed by atoms with E-state index in [0.717, 1.165) is 41.9 Å². The van der Waals surface area contributed by atoms with E-state index in [-0.39, 0.29) is 11.8 Å². The number of carbonyl (C=O) groups is 1. The highest BCUT2D eigenvalue weighted by Gasteiger charge is 2.28. The van der Waals surface area contributed by atoms with Gasteiger partial charge in [-0.1, -0.05) is 23.7 Å². The van der Waals surface area contributed by atoms with E-state index in [2.05, 4.69) is 15.0 Å². The van der Waals surface area contributed by atoms with E-state index in [1.165, 1.54) is 0 Å². The maximum atomic E-state index is 12.8. The Morgan fingerprint density at radius 2 is 1.93 bits per heavy atom. The fourth-order valence-corrected chi connectivity index (χ4v) is 3.91. The second-order valence-electron chi connectivity index (χ2n) is 7.01. The molecule has 3 heterocycles. The molecule has 0 spiro atoms. The first kappa shape index (κ1) is 18.6. The van der Waals surface area contributed by atoms with Gasteiger partial charge in [0.05, 0.1) is 17.8 Å². The summed E-state index contributed by atoms with van der Waals surface area (Å²) in [5, 5.41) is 0.673. The molecule has 0 N–H and O–H groups in total. The van der Waals surface area contributed by atoms with E-state index < -0.39 is 0 Å². The van der Waals surface area contributed by atoms with Crippen LogP contribution in [0.5, 0.6) is 0 Å². The number of piperidine rings is 1. The Morgan fingerprint density at radius 1 is 1.11 bits per heavy atom. The van der Waals surface area contributed by atoms with Gasteiger partial charge in [-0.25, -0.2) is 0 Å². The van der Waals surface area contributed by atoms with Crippen LogP contribution in [-0.2, 0) is 11.2 Å². The number of hydrogen-bond acceptors (Lipinski definition) is 4. The van der Waals surface area contributed by atoms with Crippen LogP contribution in [0.3, 0.4) is 0 Å². The van der Waals surface area contributed by atoms with Gasteiger partial charge in [0, 0.05) is 54.4 Å². The van der Waals surface area contributed by atoms with Crippen molar-refractivity contribution in [3.05, 3.63) is 77.5 Å². The molecule has 0 radical (unpaired) electrons. The van der Waals surface area contributed by atoms with Gasteiger partial charge in [-0.2, -0.15) is 0 Å². The van der Waals surface area contributed by atoms with Crippen LogP contribution in [0.2, 0.25) is 5.02 Å². The highest BCUT2D eigenvalue weighted by Crippen LogP contribution is 2.32. The third kappa shape index (κ3) is 4.20. The van der Waals surface area contributed by atoms with E-state index in [1.807, 2.05) is 41.3 Å². The maximum Gasteiger partial charge on any atom is 0.227 e. The minimum absolute atomic E-state index is 0.143. The Bertz CT molecular complexity index is 964. The number of hydrogen-bond donors (Lipinski definition) is 0. The molecule has 1 fully saturated rings. The summed E-state index contributed by atoms with van der Waals surface area (Å²) in [5.74, 6) is 0.307. The normalized spacial score (nSPS) is 16.8. The van der Waals surface area contributed by atoms with Gasteiger partial charge in [0.15, 0.2) is 0 Å². The molecule has 1 saturated heterocycles. The summed E-state index contributed by atoms with van der Waals surface area (Å²) in [6, 6.07) is 11.4. The molecule has 28 heavy (non-hydrogen) atoms. The Morgan fingerprint density at radius 3 is 2.75 bits per heavy atom. The van der Waals surface area contributed by atoms with Gasteiger partial charge in [0.1, 0.15) is 0 Å². The quantitative estimate of drug-likeness (QED) is 0.669. The van der Waals surface area contributed by atoms with Gasteiger partial charge < -0.3 is 4.90 Å². The lowest BCUT2D eigenvalue weighted by molar-refractivity contribution is -0.131. The largest absolute Gasteiger partial charge is 0.342 e. The van der Waals surface area contributed by atoms with Crippen LogP contribution in [0.4, 0.5) is 0 Å². The van der Waals surface area contributed by atoms with Gasteiger partial charge in [-0.15, -0.1) is 0 Å². The SMILES string of the molecule is O=C(Cc1ccncc1)N1CCC[C@H](c2nccnc2-c2cccc(Cl)c2)C1. The number of nitrogens with zero attached hydrogens (tertiary/aromatic N) is 4. The van der Waals surface area contributed by atoms with Crippen LogP contribution in [0, 0.1) is 0 Å². The van der Waals surface area contributed by atoms with Crippen LogP contribution in [0.15, 0.2) is 61.2 Å². The summed E-state index contributed by atoms with van der Waals surface area (Å²) in [4.78, 5) is 28.0. The molecule has 2 aromatic heterocycles. The highest BCUT2D eigenvalue weighted by molar-refractivity contribution is 6.30. The van der Waals surface area contributed by atoms with Crippen molar-refractivity contribution in [2.75, 3.05) is 13.1 Å². The number of benzene rings is 1. The summed E-state index contributed by atoms with van der Waals surface area (Å²) >= 11 is 6.17. The van der Waals surface area contributed by atoms with Gasteiger partial charge in [0.2, 0.25) is 5.91 Å². The van der Waals surface area contributed by atoms with Crippen LogP contribution in [-0.4, -0.2) is 38.8 Å². The first-order valence-corrected chi connectivity index (χ1v) is 9.82. The Labute approximate surface area is 169 Å². The second-order valence-corrected chi connectivity index (χ2v) is 7.45. The molecule has 4 rings (SSSR count). The minimum atomic E-state index is 0.143. The summed E-state index contributed by atoms with van der Waals surface area (Å²) in [6.07, 6.45) is 9.22. The third-order valence-corrected chi connectivity index (χ3v) is 5.33. The second kappa shape index (κ2) is 8.48. The number of carbonyl (C=O) groups excluding carboxylic acids is 1. The Kier molecular flexibility index (Phi) is 5.63. The van der Waals surface area contributed by atoms with Gasteiger partial charge >= 0.3 is 0 Å². The zero-order valence-corrected chi connectivity index (χ0v) is 16.2. The smallest absolute Gasteiger partial charge is 0.227 e. The fraction of sp³-hybridized carbons (Fsp3) is 0.273. The third-order valence-electron chi connectivity index (χ3n) is 5.09. The fourth-order valence-electron chi connectivity index (χ4n) is 3.72. The predicted octanol–water partition coefficient (Wildman–Crippen LogP) is 4.14. The number of aromatic nitrogens is 3. The van der Waals surface area contributed by atoms with E-state index in [0.29, 0.717) is 18.0 Å². The molecule has 1 aromatic carbocycles. The lowest BCUT2D eigenvalue weighted by Gasteiger charge is -2.33. The van der Waals surface area contributed by atoms with Crippen LogP contribution in [0.25, 0.3) is 11.3 Å². The first-order chi connectivity index (χ1) is 13.7. The van der Waals surface area contributed by atoms with Crippen LogP contribution < -0.4 is 0 Å². The van der Waals surface area contributed by atoms with E-state index >= 15 is 0 Å². The first-order valence-electron chi connectivity index (χ1n) is 9.44. The molecule has 1 amide bonds. The molecular formula is C22H21ClN4O. The Hall–Kier alpha value is -2.79. The number of halogens is 1. The topological polar surface area (TPSA) is 59.0 Å². The maximum absolute atomic E-state index is 12.8. The summed E-state index contributed by atoms with van der Waals surface area (Å²) < 4.78 is 0. The van der Waals surface area contributed by atoms with Crippen molar-refractivity contribution in [3.63, 3.8) is 0 Å². The molecule has 1 atom stereocenters. The van der Waals surface area contributed by atoms with Crippen LogP contribution in [0.1, 0.15) is 30.0 Å². The van der Waals surface area contributed by atoms with Gasteiger partial charge in [-0.05, 0) is 42.7 Å². The van der Waals surface area contributed by atoms with Gasteiger partial charge in [0.25, 0.3) is 0 Å². The van der Waals surface area contributed by atoms with Crippen molar-refractivity contribution in [2.45, 2.75) is 25.2 Å². The molecule has 3 aromatic rings. The standard InChI is InChI=1S/C22H21ClN4O/c23-19-5-1-3-17(14-19)21-22(26-11-10-25-21)18-4-2-12-27(15-18)20(28)13-16-6-8-24-9-7-16/h1,3,5-11,14,18H,2,4,12-13,15H2/t18-/m0/s1. The van der Waals surface area contributed by atoms with Crippen molar-refractivity contribution in [1.29, 1.82) is 0 Å². The molecule has 6 heteroatoms. The highest BCUT2D eigenvalue weighted by atomic mass is 35.5. The predicted molar refractivity (Wildman–Crippen MR) is 109 cm³/mol. The molecule has 142 valence electrons. The molecule has 1 aliphatic heterocycles. The van der Waals surface area contributed by atoms with Crippen molar-refractivity contribution >= 4 is 17.5 Å². The number of amides is 1. The molecule has 0 unspecified atom stereocenters. The monoisotopic (exact) mass is 392 g/mol. The zero-order valence-electron chi connectivity index (χ0n) is 15.5. The number of pyridine rings is 1. The summed E-state index contributed by atoms with van der Waals surface area (Å²) in [7, 11) is 0. The molecule has 0 saturated carbocycles. The van der Waals surface area contributed by atoms with Crippen molar-refractivity contribution in [2.24, 2.45) is 0 Å². The molecule has 5 nitrogen and oxygen atoms in total. The average Bonchev–Trinajstić information content (AvgIpc) is 2.74. The number of rotatable bonds is 4. The molecule has 1 aliphatic rings. The zero-order chi connectivity index (χ0) is 19.3. The lowest BCUT2D eigenvalue weighted by atomic mass is 9.91. The van der Waals surface area contributed by atoms with Crippen molar-refractivity contribution < 1.29 is 4.79 Å². The Balaban J connectivity index is 1.55. The van der Waals surface area contributed by atoms with Gasteiger partial charge in [-0.3, -0.25) is 19.7 Å². The van der Waals surface area contributed by atoms with E-state index in [9.17, 15) is 4.79 Å². The average molecular weight is 393 g/mol. The molecule has 0 aliphatic carbocycles. The summed E-state index contributed by atoms with van der Waals surface area (Å²) in [6.45, 7) is 1.45. The number of likely N-dealkylation sites (tertiary alicyclic amines) is 1. The summed E-state index contributed by atoms with van der Waals surface area (Å²) in [5.41, 5.74) is 3.72.